The van der Waals surface area contributed by atoms with Crippen LogP contribution in [0.4, 0.5) is 5.69 Å². The minimum atomic E-state index is -3.69. The van der Waals surface area contributed by atoms with Crippen LogP contribution in [0.2, 0.25) is 5.15 Å². The number of sulfonamides is 1. The van der Waals surface area contributed by atoms with Crippen LogP contribution in [0.3, 0.4) is 0 Å². The lowest BCUT2D eigenvalue weighted by Crippen LogP contribution is -2.14. The van der Waals surface area contributed by atoms with Crippen LogP contribution >= 0.6 is 11.6 Å². The van der Waals surface area contributed by atoms with Gasteiger partial charge in [-0.1, -0.05) is 11.6 Å². The van der Waals surface area contributed by atoms with Crippen molar-refractivity contribution in [2.75, 3.05) is 4.72 Å². The predicted octanol–water partition coefficient (Wildman–Crippen LogP) is 2.18. The van der Waals surface area contributed by atoms with Crippen LogP contribution in [0, 0.1) is 20.8 Å². The van der Waals surface area contributed by atoms with Gasteiger partial charge in [0.25, 0.3) is 10.0 Å². The standard InChI is InChI=1S/C11H13ClN4O2S/c1-6-4-9(5-13-11(6)12)16-19(17,18)10-7(2)14-15-8(10)3/h4-5,16H,1-3H3,(H,14,15). The third-order valence-electron chi connectivity index (χ3n) is 2.60. The van der Waals surface area contributed by atoms with Gasteiger partial charge in [-0.15, -0.1) is 0 Å². The van der Waals surface area contributed by atoms with Crippen LogP contribution in [0.1, 0.15) is 17.0 Å². The lowest BCUT2D eigenvalue weighted by Gasteiger charge is -2.08. The smallest absolute Gasteiger partial charge is 0.265 e. The number of aryl methyl sites for hydroxylation is 3. The van der Waals surface area contributed by atoms with Gasteiger partial charge in [0.15, 0.2) is 0 Å². The number of nitrogens with zero attached hydrogens (tertiary/aromatic N) is 2. The molecule has 0 atom stereocenters. The Kier molecular flexibility index (Phi) is 3.51. The topological polar surface area (TPSA) is 87.7 Å². The van der Waals surface area contributed by atoms with Crippen molar-refractivity contribution in [1.82, 2.24) is 15.2 Å². The number of hydrogen-bond acceptors (Lipinski definition) is 4. The second-order valence-electron chi connectivity index (χ2n) is 4.20. The highest BCUT2D eigenvalue weighted by molar-refractivity contribution is 7.92. The fourth-order valence-electron chi connectivity index (χ4n) is 1.76. The molecule has 0 bridgehead atoms. The highest BCUT2D eigenvalue weighted by Crippen LogP contribution is 2.22. The van der Waals surface area contributed by atoms with Crippen molar-refractivity contribution in [1.29, 1.82) is 0 Å². The van der Waals surface area contributed by atoms with Gasteiger partial charge in [-0.25, -0.2) is 13.4 Å². The summed E-state index contributed by atoms with van der Waals surface area (Å²) in [5, 5.41) is 6.86. The quantitative estimate of drug-likeness (QED) is 0.851. The third kappa shape index (κ3) is 2.71. The van der Waals surface area contributed by atoms with Crippen LogP contribution in [0.25, 0.3) is 0 Å². The summed E-state index contributed by atoms with van der Waals surface area (Å²) in [4.78, 5) is 4.06. The van der Waals surface area contributed by atoms with Gasteiger partial charge in [-0.3, -0.25) is 9.82 Å². The van der Waals surface area contributed by atoms with Gasteiger partial charge in [-0.2, -0.15) is 5.10 Å². The molecule has 2 heterocycles. The Bertz CT molecular complexity index is 705. The molecule has 0 aromatic carbocycles. The first-order valence-corrected chi connectivity index (χ1v) is 7.34. The van der Waals surface area contributed by atoms with Gasteiger partial charge >= 0.3 is 0 Å². The van der Waals surface area contributed by atoms with Crippen molar-refractivity contribution in [2.24, 2.45) is 0 Å². The van der Waals surface area contributed by atoms with Crippen molar-refractivity contribution >= 4 is 27.3 Å². The van der Waals surface area contributed by atoms with Crippen LogP contribution < -0.4 is 4.72 Å². The van der Waals surface area contributed by atoms with E-state index >= 15 is 0 Å². The Balaban J connectivity index is 2.39. The zero-order chi connectivity index (χ0) is 14.2. The van der Waals surface area contributed by atoms with Gasteiger partial charge < -0.3 is 0 Å². The normalized spacial score (nSPS) is 11.6. The van der Waals surface area contributed by atoms with Crippen molar-refractivity contribution < 1.29 is 8.42 Å². The van der Waals surface area contributed by atoms with E-state index in [1.807, 2.05) is 0 Å². The van der Waals surface area contributed by atoms with E-state index < -0.39 is 10.0 Å². The molecule has 102 valence electrons. The maximum atomic E-state index is 12.3. The number of aromatic amines is 1. The molecular formula is C11H13ClN4O2S. The number of anilines is 1. The molecule has 0 unspecified atom stereocenters. The second kappa shape index (κ2) is 4.82. The molecule has 0 aliphatic rings. The first-order chi connectivity index (χ1) is 8.81. The molecule has 0 aliphatic heterocycles. The fourth-order valence-corrected chi connectivity index (χ4v) is 3.27. The molecule has 2 aromatic heterocycles. The summed E-state index contributed by atoms with van der Waals surface area (Å²) in [5.74, 6) is 0. The number of aromatic nitrogens is 3. The van der Waals surface area contributed by atoms with Gasteiger partial charge in [0.1, 0.15) is 10.0 Å². The highest BCUT2D eigenvalue weighted by atomic mass is 35.5. The summed E-state index contributed by atoms with van der Waals surface area (Å²) in [6.45, 7) is 5.03. The summed E-state index contributed by atoms with van der Waals surface area (Å²) < 4.78 is 27.0. The number of pyridine rings is 1. The predicted molar refractivity (Wildman–Crippen MR) is 72.9 cm³/mol. The van der Waals surface area contributed by atoms with Crippen molar-refractivity contribution in [2.45, 2.75) is 25.7 Å². The van der Waals surface area contributed by atoms with Crippen molar-refractivity contribution in [3.63, 3.8) is 0 Å². The van der Waals surface area contributed by atoms with E-state index in [-0.39, 0.29) is 4.90 Å². The van der Waals surface area contributed by atoms with E-state index in [2.05, 4.69) is 19.9 Å². The van der Waals surface area contributed by atoms with Crippen molar-refractivity contribution in [3.8, 4) is 0 Å². The van der Waals surface area contributed by atoms with Crippen LogP contribution in [0.5, 0.6) is 0 Å². The molecule has 0 spiro atoms. The molecular weight excluding hydrogens is 288 g/mol. The number of nitrogens with one attached hydrogen (secondary N) is 2. The number of H-pyrrole nitrogens is 1. The Hall–Kier alpha value is -1.60. The Morgan fingerprint density at radius 1 is 1.32 bits per heavy atom. The van der Waals surface area contributed by atoms with Gasteiger partial charge in [0.2, 0.25) is 0 Å². The van der Waals surface area contributed by atoms with E-state index in [1.165, 1.54) is 6.20 Å². The Labute approximate surface area is 116 Å². The summed E-state index contributed by atoms with van der Waals surface area (Å²) in [5.41, 5.74) is 1.97. The zero-order valence-electron chi connectivity index (χ0n) is 10.7. The summed E-state index contributed by atoms with van der Waals surface area (Å²) >= 11 is 5.80. The minimum absolute atomic E-state index is 0.153. The van der Waals surface area contributed by atoms with Crippen LogP contribution in [-0.2, 0) is 10.0 Å². The van der Waals surface area contributed by atoms with Crippen LogP contribution in [0.15, 0.2) is 17.2 Å². The molecule has 0 saturated carbocycles. The molecule has 0 fully saturated rings. The number of hydrogen-bond donors (Lipinski definition) is 2. The van der Waals surface area contributed by atoms with Gasteiger partial charge in [0.05, 0.1) is 23.3 Å². The summed E-state index contributed by atoms with van der Waals surface area (Å²) in [7, 11) is -3.69. The molecule has 6 nitrogen and oxygen atoms in total. The third-order valence-corrected chi connectivity index (χ3v) is 4.64. The molecule has 0 saturated heterocycles. The molecule has 19 heavy (non-hydrogen) atoms. The lowest BCUT2D eigenvalue weighted by molar-refractivity contribution is 0.600. The fraction of sp³-hybridized carbons (Fsp3) is 0.273. The van der Waals surface area contributed by atoms with E-state index in [0.717, 1.165) is 0 Å². The maximum Gasteiger partial charge on any atom is 0.265 e. The lowest BCUT2D eigenvalue weighted by atomic mass is 10.3. The van der Waals surface area contributed by atoms with Gasteiger partial charge in [-0.05, 0) is 32.4 Å². The molecule has 2 N–H and O–H groups in total. The van der Waals surface area contributed by atoms with E-state index in [1.54, 1.807) is 26.8 Å². The minimum Gasteiger partial charge on any atom is -0.281 e. The zero-order valence-corrected chi connectivity index (χ0v) is 12.2. The Morgan fingerprint density at radius 2 is 2.00 bits per heavy atom. The number of rotatable bonds is 3. The van der Waals surface area contributed by atoms with E-state index in [9.17, 15) is 8.42 Å². The first-order valence-electron chi connectivity index (χ1n) is 5.48. The SMILES string of the molecule is Cc1cc(NS(=O)(=O)c2c(C)n[nH]c2C)cnc1Cl. The molecule has 0 aliphatic carbocycles. The molecule has 0 radical (unpaired) electrons. The largest absolute Gasteiger partial charge is 0.281 e. The second-order valence-corrected chi connectivity index (χ2v) is 6.18. The molecule has 2 aromatic rings. The molecule has 0 amide bonds. The summed E-state index contributed by atoms with van der Waals surface area (Å²) in [6, 6.07) is 1.62. The highest BCUT2D eigenvalue weighted by Gasteiger charge is 2.22. The monoisotopic (exact) mass is 300 g/mol. The average Bonchev–Trinajstić information content (AvgIpc) is 2.64. The Morgan fingerprint density at radius 3 is 2.53 bits per heavy atom. The average molecular weight is 301 g/mol. The maximum absolute atomic E-state index is 12.3. The first kappa shape index (κ1) is 13.8. The van der Waals surface area contributed by atoms with E-state index in [4.69, 9.17) is 11.6 Å². The molecule has 8 heteroatoms. The van der Waals surface area contributed by atoms with Gasteiger partial charge in [0, 0.05) is 0 Å². The number of halogens is 1. The van der Waals surface area contributed by atoms with Crippen LogP contribution in [-0.4, -0.2) is 23.6 Å². The van der Waals surface area contributed by atoms with Crippen molar-refractivity contribution in [3.05, 3.63) is 34.4 Å². The van der Waals surface area contributed by atoms with E-state index in [0.29, 0.717) is 27.8 Å². The molecule has 2 rings (SSSR count). The summed E-state index contributed by atoms with van der Waals surface area (Å²) in [6.07, 6.45) is 1.37.